The lowest BCUT2D eigenvalue weighted by molar-refractivity contribution is 0.467. The fraction of sp³-hybridized carbons (Fsp3) is 0.111. The van der Waals surface area contributed by atoms with Gasteiger partial charge in [-0.1, -0.05) is 18.2 Å². The van der Waals surface area contributed by atoms with E-state index in [-0.39, 0.29) is 5.75 Å². The molecule has 2 heterocycles. The van der Waals surface area contributed by atoms with Crippen LogP contribution in [0.3, 0.4) is 0 Å². The van der Waals surface area contributed by atoms with Crippen LogP contribution in [0.2, 0.25) is 0 Å². The van der Waals surface area contributed by atoms with Crippen LogP contribution < -0.4 is 0 Å². The highest BCUT2D eigenvalue weighted by atomic mass is 32.2. The van der Waals surface area contributed by atoms with Crippen molar-refractivity contribution in [1.82, 2.24) is 19.5 Å². The Bertz CT molecular complexity index is 948. The number of thioether (sulfide) groups is 1. The Morgan fingerprint density at radius 2 is 2.00 bits per heavy atom. The minimum atomic E-state index is 0.255. The number of aromatic hydroxyl groups is 1. The first-order valence-electron chi connectivity index (χ1n) is 7.62. The Hall–Kier alpha value is -2.73. The second kappa shape index (κ2) is 6.41. The minimum absolute atomic E-state index is 0.255. The van der Waals surface area contributed by atoms with Crippen LogP contribution in [0.5, 0.6) is 5.75 Å². The fourth-order valence-corrected chi connectivity index (χ4v) is 3.42. The van der Waals surface area contributed by atoms with Crippen LogP contribution in [0.15, 0.2) is 66.1 Å². The molecule has 2 aromatic carbocycles. The van der Waals surface area contributed by atoms with Gasteiger partial charge in [-0.3, -0.25) is 0 Å². The quantitative estimate of drug-likeness (QED) is 0.544. The molecule has 4 aromatic rings. The third kappa shape index (κ3) is 3.00. The predicted octanol–water partition coefficient (Wildman–Crippen LogP) is 3.81. The van der Waals surface area contributed by atoms with Crippen LogP contribution in [-0.4, -0.2) is 24.6 Å². The van der Waals surface area contributed by atoms with Crippen molar-refractivity contribution in [3.8, 4) is 5.75 Å². The van der Waals surface area contributed by atoms with Gasteiger partial charge < -0.3 is 14.7 Å². The van der Waals surface area contributed by atoms with Crippen molar-refractivity contribution in [2.24, 2.45) is 0 Å². The Balaban J connectivity index is 1.62. The molecule has 0 amide bonds. The van der Waals surface area contributed by atoms with E-state index >= 15 is 0 Å². The van der Waals surface area contributed by atoms with Gasteiger partial charge in [0.15, 0.2) is 0 Å². The van der Waals surface area contributed by atoms with Crippen molar-refractivity contribution < 1.29 is 5.11 Å². The van der Waals surface area contributed by atoms with Crippen molar-refractivity contribution >= 4 is 22.8 Å². The summed E-state index contributed by atoms with van der Waals surface area (Å²) in [6.45, 7) is 0.541. The molecule has 2 aromatic heterocycles. The van der Waals surface area contributed by atoms with Crippen LogP contribution in [0.25, 0.3) is 11.0 Å². The number of hydrogen-bond acceptors (Lipinski definition) is 4. The Morgan fingerprint density at radius 3 is 2.79 bits per heavy atom. The van der Waals surface area contributed by atoms with Crippen molar-refractivity contribution in [2.75, 3.05) is 0 Å². The van der Waals surface area contributed by atoms with Gasteiger partial charge in [0, 0.05) is 22.9 Å². The maximum absolute atomic E-state index is 10.2. The van der Waals surface area contributed by atoms with Gasteiger partial charge in [-0.2, -0.15) is 0 Å². The summed E-state index contributed by atoms with van der Waals surface area (Å²) in [5.41, 5.74) is 2.55. The molecule has 0 saturated carbocycles. The molecule has 0 saturated heterocycles. The van der Waals surface area contributed by atoms with Crippen molar-refractivity contribution in [3.63, 3.8) is 0 Å². The number of H-pyrrole nitrogens is 1. The SMILES string of the molecule is Oc1ccc2[nH]c(CSc3ccccc3)nc2c1Cn1ccnc1. The normalized spacial score (nSPS) is 11.2. The van der Waals surface area contributed by atoms with Gasteiger partial charge in [-0.05, 0) is 24.3 Å². The largest absolute Gasteiger partial charge is 0.508 e. The summed E-state index contributed by atoms with van der Waals surface area (Å²) in [6.07, 6.45) is 5.33. The first-order chi connectivity index (χ1) is 11.8. The van der Waals surface area contributed by atoms with Crippen LogP contribution in [0.1, 0.15) is 11.4 Å². The molecule has 120 valence electrons. The number of nitrogens with zero attached hydrogens (tertiary/aromatic N) is 3. The molecule has 5 nitrogen and oxygen atoms in total. The molecular formula is C18H16N4OS. The molecule has 0 atom stereocenters. The number of phenols is 1. The van der Waals surface area contributed by atoms with E-state index in [4.69, 9.17) is 4.98 Å². The van der Waals surface area contributed by atoms with Gasteiger partial charge in [0.25, 0.3) is 0 Å². The summed E-state index contributed by atoms with van der Waals surface area (Å²) in [4.78, 5) is 13.3. The number of aromatic nitrogens is 4. The van der Waals surface area contributed by atoms with E-state index in [1.165, 1.54) is 4.90 Å². The number of nitrogens with one attached hydrogen (secondary N) is 1. The lowest BCUT2D eigenvalue weighted by Crippen LogP contribution is -1.98. The molecule has 0 fully saturated rings. The summed E-state index contributed by atoms with van der Waals surface area (Å²) < 4.78 is 1.92. The summed E-state index contributed by atoms with van der Waals surface area (Å²) >= 11 is 1.73. The average Bonchev–Trinajstić information content (AvgIpc) is 3.26. The predicted molar refractivity (Wildman–Crippen MR) is 95.1 cm³/mol. The lowest BCUT2D eigenvalue weighted by Gasteiger charge is -2.06. The standard InChI is InChI=1S/C18H16N4OS/c23-16-7-6-15-18(14(16)10-22-9-8-19-12-22)21-17(20-15)11-24-13-4-2-1-3-5-13/h1-9,12,23H,10-11H2,(H,20,21). The van der Waals surface area contributed by atoms with E-state index < -0.39 is 0 Å². The van der Waals surface area contributed by atoms with Crippen molar-refractivity contribution in [1.29, 1.82) is 0 Å². The zero-order valence-corrected chi connectivity index (χ0v) is 13.7. The van der Waals surface area contributed by atoms with Crippen molar-refractivity contribution in [3.05, 3.63) is 72.6 Å². The number of fused-ring (bicyclic) bond motifs is 1. The highest BCUT2D eigenvalue weighted by molar-refractivity contribution is 7.98. The van der Waals surface area contributed by atoms with E-state index in [9.17, 15) is 5.11 Å². The lowest BCUT2D eigenvalue weighted by atomic mass is 10.1. The zero-order chi connectivity index (χ0) is 16.4. The maximum atomic E-state index is 10.2. The Kier molecular flexibility index (Phi) is 3.96. The van der Waals surface area contributed by atoms with Gasteiger partial charge in [-0.15, -0.1) is 11.8 Å². The summed E-state index contributed by atoms with van der Waals surface area (Å²) in [5.74, 6) is 1.91. The number of rotatable bonds is 5. The zero-order valence-electron chi connectivity index (χ0n) is 12.9. The third-order valence-electron chi connectivity index (χ3n) is 3.80. The van der Waals surface area contributed by atoms with E-state index in [0.29, 0.717) is 6.54 Å². The summed E-state index contributed by atoms with van der Waals surface area (Å²) in [6, 6.07) is 13.8. The van der Waals surface area contributed by atoms with E-state index in [2.05, 4.69) is 22.1 Å². The molecule has 0 radical (unpaired) electrons. The first-order valence-corrected chi connectivity index (χ1v) is 8.61. The minimum Gasteiger partial charge on any atom is -0.508 e. The molecule has 6 heteroatoms. The number of imidazole rings is 2. The Morgan fingerprint density at radius 1 is 1.12 bits per heavy atom. The van der Waals surface area contributed by atoms with Crippen molar-refractivity contribution in [2.45, 2.75) is 17.2 Å². The van der Waals surface area contributed by atoms with Gasteiger partial charge >= 0.3 is 0 Å². The van der Waals surface area contributed by atoms with Crippen LogP contribution in [0.4, 0.5) is 0 Å². The molecule has 0 aliphatic heterocycles. The smallest absolute Gasteiger partial charge is 0.122 e. The van der Waals surface area contributed by atoms with E-state index in [0.717, 1.165) is 28.2 Å². The van der Waals surface area contributed by atoms with Gasteiger partial charge in [0.2, 0.25) is 0 Å². The topological polar surface area (TPSA) is 66.7 Å². The van der Waals surface area contributed by atoms with Gasteiger partial charge in [0.1, 0.15) is 11.6 Å². The van der Waals surface area contributed by atoms with E-state index in [1.54, 1.807) is 30.4 Å². The molecule has 0 unspecified atom stereocenters. The molecular weight excluding hydrogens is 320 g/mol. The summed E-state index contributed by atoms with van der Waals surface area (Å²) in [7, 11) is 0. The molecule has 0 bridgehead atoms. The van der Waals surface area contributed by atoms with E-state index in [1.807, 2.05) is 35.0 Å². The third-order valence-corrected chi connectivity index (χ3v) is 4.83. The number of aromatic amines is 1. The van der Waals surface area contributed by atoms with Crippen LogP contribution in [-0.2, 0) is 12.3 Å². The number of hydrogen-bond donors (Lipinski definition) is 2. The first kappa shape index (κ1) is 14.8. The molecule has 0 aliphatic rings. The monoisotopic (exact) mass is 336 g/mol. The van der Waals surface area contributed by atoms with Crippen LogP contribution in [0, 0.1) is 0 Å². The molecule has 2 N–H and O–H groups in total. The molecule has 0 aliphatic carbocycles. The Labute approximate surface area is 143 Å². The second-order valence-electron chi connectivity index (χ2n) is 5.48. The number of phenolic OH excluding ortho intramolecular Hbond substituents is 1. The highest BCUT2D eigenvalue weighted by Crippen LogP contribution is 2.28. The second-order valence-corrected chi connectivity index (χ2v) is 6.53. The fourth-order valence-electron chi connectivity index (χ4n) is 2.63. The van der Waals surface area contributed by atoms with Gasteiger partial charge in [0.05, 0.1) is 29.7 Å². The summed E-state index contributed by atoms with van der Waals surface area (Å²) in [5, 5.41) is 10.2. The molecule has 4 rings (SSSR count). The average molecular weight is 336 g/mol. The highest BCUT2D eigenvalue weighted by Gasteiger charge is 2.12. The molecule has 0 spiro atoms. The van der Waals surface area contributed by atoms with Gasteiger partial charge in [-0.25, -0.2) is 9.97 Å². The van der Waals surface area contributed by atoms with Crippen LogP contribution >= 0.6 is 11.8 Å². The number of benzene rings is 2. The molecule has 24 heavy (non-hydrogen) atoms. The maximum Gasteiger partial charge on any atom is 0.122 e.